The van der Waals surface area contributed by atoms with Crippen LogP contribution in [0.4, 0.5) is 4.39 Å². The van der Waals surface area contributed by atoms with E-state index in [9.17, 15) is 9.18 Å². The molecular weight excluding hydrogens is 259 g/mol. The first-order valence-corrected chi connectivity index (χ1v) is 6.18. The fourth-order valence-corrected chi connectivity index (χ4v) is 2.03. The molecule has 0 aliphatic heterocycles. The number of hydrogen-bond acceptors (Lipinski definition) is 3. The number of furan rings is 1. The molecule has 0 unspecified atom stereocenters. The maximum absolute atomic E-state index is 13.7. The molecule has 0 aliphatic rings. The first-order chi connectivity index (χ1) is 9.47. The van der Waals surface area contributed by atoms with Crippen molar-refractivity contribution in [3.05, 3.63) is 58.8 Å². The van der Waals surface area contributed by atoms with E-state index < -0.39 is 11.8 Å². The molecule has 1 aromatic heterocycles. The topological polar surface area (TPSA) is 39.4 Å². The van der Waals surface area contributed by atoms with Gasteiger partial charge in [0.05, 0.1) is 6.26 Å². The monoisotopic (exact) mass is 274 g/mol. The minimum Gasteiger partial charge on any atom is -0.465 e. The highest BCUT2D eigenvalue weighted by Crippen LogP contribution is 2.25. The molecular formula is C16H15FO3. The largest absolute Gasteiger partial charge is 0.465 e. The quantitative estimate of drug-likeness (QED) is 0.480. The number of benzene rings is 1. The third kappa shape index (κ3) is 3.15. The van der Waals surface area contributed by atoms with Crippen molar-refractivity contribution in [3.8, 4) is 5.75 Å². The second-order valence-electron chi connectivity index (χ2n) is 4.63. The van der Waals surface area contributed by atoms with E-state index in [4.69, 9.17) is 9.15 Å². The average molecular weight is 274 g/mol. The van der Waals surface area contributed by atoms with Crippen LogP contribution in [0.25, 0.3) is 6.08 Å². The fourth-order valence-electron chi connectivity index (χ4n) is 2.03. The first kappa shape index (κ1) is 14.1. The van der Waals surface area contributed by atoms with E-state index in [0.29, 0.717) is 5.75 Å². The molecule has 0 N–H and O–H groups in total. The molecule has 0 atom stereocenters. The summed E-state index contributed by atoms with van der Waals surface area (Å²) in [6, 6.07) is 6.92. The van der Waals surface area contributed by atoms with Gasteiger partial charge in [0.1, 0.15) is 11.5 Å². The number of carbonyl (C=O) groups excluding carboxylic acids is 1. The van der Waals surface area contributed by atoms with Gasteiger partial charge in [-0.1, -0.05) is 17.7 Å². The van der Waals surface area contributed by atoms with Crippen LogP contribution in [0.2, 0.25) is 0 Å². The lowest BCUT2D eigenvalue weighted by Gasteiger charge is -2.10. The van der Waals surface area contributed by atoms with E-state index in [0.717, 1.165) is 22.8 Å². The molecule has 0 fully saturated rings. The summed E-state index contributed by atoms with van der Waals surface area (Å²) in [5.74, 6) is -1.38. The molecule has 0 saturated heterocycles. The van der Waals surface area contributed by atoms with Crippen LogP contribution in [0.15, 0.2) is 40.8 Å². The number of ether oxygens (including phenoxy) is 1. The van der Waals surface area contributed by atoms with Gasteiger partial charge in [0.25, 0.3) is 0 Å². The number of rotatable bonds is 3. The zero-order valence-electron chi connectivity index (χ0n) is 11.6. The molecule has 20 heavy (non-hydrogen) atoms. The maximum atomic E-state index is 13.7. The lowest BCUT2D eigenvalue weighted by Crippen LogP contribution is -2.10. The van der Waals surface area contributed by atoms with Crippen molar-refractivity contribution < 1.29 is 18.3 Å². The third-order valence-corrected chi connectivity index (χ3v) is 2.81. The van der Waals surface area contributed by atoms with Gasteiger partial charge in [-0.15, -0.1) is 0 Å². The second-order valence-corrected chi connectivity index (χ2v) is 4.63. The molecule has 4 heteroatoms. The van der Waals surface area contributed by atoms with E-state index in [1.807, 2.05) is 32.9 Å². The highest BCUT2D eigenvalue weighted by Gasteiger charge is 2.15. The van der Waals surface area contributed by atoms with Crippen LogP contribution in [0.5, 0.6) is 5.75 Å². The van der Waals surface area contributed by atoms with Crippen molar-refractivity contribution in [2.24, 2.45) is 0 Å². The summed E-state index contributed by atoms with van der Waals surface area (Å²) in [5, 5.41) is 0. The second kappa shape index (κ2) is 5.74. The molecule has 0 radical (unpaired) electrons. The zero-order valence-corrected chi connectivity index (χ0v) is 11.6. The van der Waals surface area contributed by atoms with Crippen molar-refractivity contribution in [1.29, 1.82) is 0 Å². The van der Waals surface area contributed by atoms with Gasteiger partial charge in [-0.25, -0.2) is 4.79 Å². The highest BCUT2D eigenvalue weighted by molar-refractivity contribution is 5.92. The third-order valence-electron chi connectivity index (χ3n) is 2.81. The van der Waals surface area contributed by atoms with Gasteiger partial charge in [0.2, 0.25) is 5.83 Å². The molecule has 0 bridgehead atoms. The Morgan fingerprint density at radius 1 is 1.25 bits per heavy atom. The van der Waals surface area contributed by atoms with Crippen molar-refractivity contribution in [1.82, 2.24) is 0 Å². The first-order valence-electron chi connectivity index (χ1n) is 6.18. The standard InChI is InChI=1S/C16H15FO3/c1-10-7-11(2)15(12(3)8-10)20-16(18)14(17)9-13-5-4-6-19-13/h4-9H,1-3H3/b14-9+. The summed E-state index contributed by atoms with van der Waals surface area (Å²) in [6.07, 6.45) is 2.40. The van der Waals surface area contributed by atoms with E-state index in [2.05, 4.69) is 0 Å². The number of esters is 1. The maximum Gasteiger partial charge on any atom is 0.372 e. The Morgan fingerprint density at radius 3 is 2.45 bits per heavy atom. The van der Waals surface area contributed by atoms with Crippen molar-refractivity contribution in [2.45, 2.75) is 20.8 Å². The fraction of sp³-hybridized carbons (Fsp3) is 0.188. The zero-order chi connectivity index (χ0) is 14.7. The predicted molar refractivity (Wildman–Crippen MR) is 74.1 cm³/mol. The SMILES string of the molecule is Cc1cc(C)c(OC(=O)/C(F)=C\c2ccco2)c(C)c1. The minimum absolute atomic E-state index is 0.261. The Kier molecular flexibility index (Phi) is 4.03. The summed E-state index contributed by atoms with van der Waals surface area (Å²) >= 11 is 0. The van der Waals surface area contributed by atoms with Gasteiger partial charge in [0.15, 0.2) is 0 Å². The smallest absolute Gasteiger partial charge is 0.372 e. The Labute approximate surface area is 116 Å². The molecule has 104 valence electrons. The van der Waals surface area contributed by atoms with Crippen molar-refractivity contribution in [3.63, 3.8) is 0 Å². The van der Waals surface area contributed by atoms with Crippen LogP contribution in [-0.4, -0.2) is 5.97 Å². The van der Waals surface area contributed by atoms with Crippen molar-refractivity contribution in [2.75, 3.05) is 0 Å². The lowest BCUT2D eigenvalue weighted by atomic mass is 10.1. The van der Waals surface area contributed by atoms with E-state index in [1.165, 1.54) is 6.26 Å². The summed E-state index contributed by atoms with van der Waals surface area (Å²) in [6.45, 7) is 5.58. The van der Waals surface area contributed by atoms with Crippen LogP contribution in [0, 0.1) is 20.8 Å². The summed E-state index contributed by atoms with van der Waals surface area (Å²) in [4.78, 5) is 11.7. The Hall–Kier alpha value is -2.36. The van der Waals surface area contributed by atoms with Crippen LogP contribution in [0.1, 0.15) is 22.5 Å². The number of halogens is 1. The number of carbonyl (C=O) groups is 1. The van der Waals surface area contributed by atoms with Gasteiger partial charge >= 0.3 is 5.97 Å². The van der Waals surface area contributed by atoms with Gasteiger partial charge in [-0.2, -0.15) is 4.39 Å². The van der Waals surface area contributed by atoms with Gasteiger partial charge in [-0.05, 0) is 44.0 Å². The number of hydrogen-bond donors (Lipinski definition) is 0. The minimum atomic E-state index is -1.03. The molecule has 3 nitrogen and oxygen atoms in total. The highest BCUT2D eigenvalue weighted by atomic mass is 19.1. The molecule has 1 heterocycles. The predicted octanol–water partition coefficient (Wildman–Crippen LogP) is 4.12. The lowest BCUT2D eigenvalue weighted by molar-refractivity contribution is -0.131. The molecule has 0 aliphatic carbocycles. The number of aryl methyl sites for hydroxylation is 3. The average Bonchev–Trinajstić information content (AvgIpc) is 2.86. The molecule has 0 amide bonds. The Bertz CT molecular complexity index is 631. The van der Waals surface area contributed by atoms with Crippen molar-refractivity contribution >= 4 is 12.0 Å². The molecule has 2 rings (SSSR count). The van der Waals surface area contributed by atoms with Gasteiger partial charge in [-0.3, -0.25) is 0 Å². The summed E-state index contributed by atoms with van der Waals surface area (Å²) in [7, 11) is 0. The van der Waals surface area contributed by atoms with Crippen LogP contribution < -0.4 is 4.74 Å². The van der Waals surface area contributed by atoms with Crippen LogP contribution in [0.3, 0.4) is 0 Å². The molecule has 0 spiro atoms. The summed E-state index contributed by atoms with van der Waals surface area (Å²) < 4.78 is 23.8. The van der Waals surface area contributed by atoms with E-state index >= 15 is 0 Å². The van der Waals surface area contributed by atoms with Crippen LogP contribution in [-0.2, 0) is 4.79 Å². The molecule has 1 aromatic carbocycles. The van der Waals surface area contributed by atoms with E-state index in [1.54, 1.807) is 12.1 Å². The van der Waals surface area contributed by atoms with Crippen LogP contribution >= 0.6 is 0 Å². The normalized spacial score (nSPS) is 11.5. The van der Waals surface area contributed by atoms with Gasteiger partial charge < -0.3 is 9.15 Å². The molecule has 2 aromatic rings. The van der Waals surface area contributed by atoms with E-state index in [-0.39, 0.29) is 5.76 Å². The van der Waals surface area contributed by atoms with Gasteiger partial charge in [0, 0.05) is 6.08 Å². The molecule has 0 saturated carbocycles. The summed E-state index contributed by atoms with van der Waals surface area (Å²) in [5.41, 5.74) is 2.65. The Morgan fingerprint density at radius 2 is 1.90 bits per heavy atom. The Balaban J connectivity index is 2.20.